The Morgan fingerprint density at radius 3 is 1.66 bits per heavy atom. The number of fused-ring (bicyclic) bond motifs is 9. The Balaban J connectivity index is 1.19. The summed E-state index contributed by atoms with van der Waals surface area (Å²) in [6, 6.07) is 67.5. The molecule has 2 heteroatoms. The minimum absolute atomic E-state index is 0.127. The Morgan fingerprint density at radius 2 is 0.911 bits per heavy atom. The zero-order chi connectivity index (χ0) is 37.8. The Hall–Kier alpha value is -6.64. The van der Waals surface area contributed by atoms with Gasteiger partial charge in [-0.05, 0) is 87.0 Å². The quantitative estimate of drug-likeness (QED) is 0.172. The first-order valence-corrected chi connectivity index (χ1v) is 19.8. The molecule has 0 radical (unpaired) electrons. The lowest BCUT2D eigenvalue weighted by molar-refractivity contribution is 0.659. The SMILES string of the molecule is CC1(C)c2ccccc2-c2c(N(c3ccccc3-c3cccc(-n4c5ccccc5c5ccccc54)c3)c3cccc4c3C(C)(C)c3ccccc3-4)cccc21. The molecule has 56 heavy (non-hydrogen) atoms. The van der Waals surface area contributed by atoms with Crippen molar-refractivity contribution in [3.05, 3.63) is 204 Å². The number of nitrogens with zero attached hydrogens (tertiary/aromatic N) is 2. The van der Waals surface area contributed by atoms with E-state index < -0.39 is 0 Å². The van der Waals surface area contributed by atoms with Gasteiger partial charge in [0.15, 0.2) is 0 Å². The van der Waals surface area contributed by atoms with Crippen molar-refractivity contribution in [3.8, 4) is 39.1 Å². The minimum atomic E-state index is -0.207. The number of aromatic nitrogens is 1. The average molecular weight is 719 g/mol. The first kappa shape index (κ1) is 32.8. The van der Waals surface area contributed by atoms with E-state index in [1.54, 1.807) is 0 Å². The molecule has 0 saturated heterocycles. The Labute approximate surface area is 328 Å². The number of hydrogen-bond donors (Lipinski definition) is 0. The minimum Gasteiger partial charge on any atom is -0.309 e. The van der Waals surface area contributed by atoms with Crippen LogP contribution in [0.3, 0.4) is 0 Å². The molecule has 0 fully saturated rings. The topological polar surface area (TPSA) is 8.17 Å². The van der Waals surface area contributed by atoms with Gasteiger partial charge in [0.1, 0.15) is 0 Å². The summed E-state index contributed by atoms with van der Waals surface area (Å²) in [4.78, 5) is 2.59. The lowest BCUT2D eigenvalue weighted by Crippen LogP contribution is -2.21. The highest BCUT2D eigenvalue weighted by molar-refractivity contribution is 6.09. The molecule has 0 aliphatic heterocycles. The van der Waals surface area contributed by atoms with E-state index in [9.17, 15) is 0 Å². The third-order valence-electron chi connectivity index (χ3n) is 12.8. The zero-order valence-corrected chi connectivity index (χ0v) is 32.2. The van der Waals surface area contributed by atoms with E-state index in [-0.39, 0.29) is 10.8 Å². The molecule has 268 valence electrons. The van der Waals surface area contributed by atoms with E-state index >= 15 is 0 Å². The summed E-state index contributed by atoms with van der Waals surface area (Å²) in [5, 5.41) is 2.53. The van der Waals surface area contributed by atoms with E-state index in [0.717, 1.165) is 11.4 Å². The second kappa shape index (κ2) is 11.9. The van der Waals surface area contributed by atoms with Crippen LogP contribution in [0, 0.1) is 0 Å². The van der Waals surface area contributed by atoms with Crippen LogP contribution in [-0.4, -0.2) is 4.57 Å². The second-order valence-electron chi connectivity index (χ2n) is 16.5. The fourth-order valence-electron chi connectivity index (χ4n) is 10.2. The zero-order valence-electron chi connectivity index (χ0n) is 32.2. The highest BCUT2D eigenvalue weighted by Crippen LogP contribution is 2.58. The molecule has 9 aromatic rings. The highest BCUT2D eigenvalue weighted by atomic mass is 15.2. The van der Waals surface area contributed by atoms with Crippen LogP contribution >= 0.6 is 0 Å². The molecular formula is C54H42N2. The third-order valence-corrected chi connectivity index (χ3v) is 12.8. The van der Waals surface area contributed by atoms with Crippen LogP contribution in [0.25, 0.3) is 60.9 Å². The van der Waals surface area contributed by atoms with Gasteiger partial charge in [-0.3, -0.25) is 0 Å². The molecule has 0 N–H and O–H groups in total. The van der Waals surface area contributed by atoms with Crippen molar-refractivity contribution in [3.63, 3.8) is 0 Å². The van der Waals surface area contributed by atoms with Crippen LogP contribution in [-0.2, 0) is 10.8 Å². The molecule has 8 aromatic carbocycles. The van der Waals surface area contributed by atoms with Crippen molar-refractivity contribution >= 4 is 38.9 Å². The highest BCUT2D eigenvalue weighted by Gasteiger charge is 2.41. The van der Waals surface area contributed by atoms with Crippen molar-refractivity contribution in [1.29, 1.82) is 0 Å². The van der Waals surface area contributed by atoms with Gasteiger partial charge < -0.3 is 9.47 Å². The Bertz CT molecular complexity index is 2990. The lowest BCUT2D eigenvalue weighted by Gasteiger charge is -2.34. The first-order valence-electron chi connectivity index (χ1n) is 19.8. The van der Waals surface area contributed by atoms with Gasteiger partial charge >= 0.3 is 0 Å². The van der Waals surface area contributed by atoms with Crippen LogP contribution in [0.4, 0.5) is 17.1 Å². The summed E-state index contributed by atoms with van der Waals surface area (Å²) < 4.78 is 2.42. The van der Waals surface area contributed by atoms with Crippen molar-refractivity contribution in [1.82, 2.24) is 4.57 Å². The third kappa shape index (κ3) is 4.50. The van der Waals surface area contributed by atoms with E-state index in [1.807, 2.05) is 0 Å². The van der Waals surface area contributed by atoms with Gasteiger partial charge in [0.2, 0.25) is 0 Å². The molecule has 2 aliphatic carbocycles. The predicted octanol–water partition coefficient (Wildman–Crippen LogP) is 14.5. The molecule has 0 bridgehead atoms. The summed E-state index contributed by atoms with van der Waals surface area (Å²) in [7, 11) is 0. The van der Waals surface area contributed by atoms with Gasteiger partial charge in [0, 0.05) is 38.4 Å². The lowest BCUT2D eigenvalue weighted by atomic mass is 9.81. The number of benzene rings is 8. The van der Waals surface area contributed by atoms with Gasteiger partial charge in [0.25, 0.3) is 0 Å². The molecule has 2 aliphatic rings. The molecule has 1 heterocycles. The summed E-state index contributed by atoms with van der Waals surface area (Å²) in [5.41, 5.74) is 19.9. The van der Waals surface area contributed by atoms with Crippen molar-refractivity contribution in [2.45, 2.75) is 38.5 Å². The normalized spacial score (nSPS) is 14.4. The van der Waals surface area contributed by atoms with Crippen molar-refractivity contribution < 1.29 is 0 Å². The summed E-state index contributed by atoms with van der Waals surface area (Å²) >= 11 is 0. The van der Waals surface area contributed by atoms with E-state index in [1.165, 1.54) is 88.8 Å². The maximum atomic E-state index is 2.59. The molecular weight excluding hydrogens is 677 g/mol. The van der Waals surface area contributed by atoms with E-state index in [0.29, 0.717) is 0 Å². The number of hydrogen-bond acceptors (Lipinski definition) is 1. The molecule has 0 amide bonds. The molecule has 0 spiro atoms. The van der Waals surface area contributed by atoms with Crippen LogP contribution in [0.1, 0.15) is 49.9 Å². The monoisotopic (exact) mass is 718 g/mol. The van der Waals surface area contributed by atoms with Crippen LogP contribution < -0.4 is 4.90 Å². The van der Waals surface area contributed by atoms with Crippen LogP contribution in [0.2, 0.25) is 0 Å². The predicted molar refractivity (Wildman–Crippen MR) is 236 cm³/mol. The molecule has 0 saturated carbocycles. The maximum absolute atomic E-state index is 2.59. The van der Waals surface area contributed by atoms with E-state index in [4.69, 9.17) is 0 Å². The molecule has 2 nitrogen and oxygen atoms in total. The van der Waals surface area contributed by atoms with Gasteiger partial charge in [-0.15, -0.1) is 0 Å². The Morgan fingerprint density at radius 1 is 0.393 bits per heavy atom. The maximum Gasteiger partial charge on any atom is 0.0543 e. The van der Waals surface area contributed by atoms with Gasteiger partial charge in [-0.2, -0.15) is 0 Å². The van der Waals surface area contributed by atoms with Crippen LogP contribution in [0.15, 0.2) is 182 Å². The number of rotatable bonds is 5. The van der Waals surface area contributed by atoms with Crippen molar-refractivity contribution in [2.24, 2.45) is 0 Å². The molecule has 1 aromatic heterocycles. The van der Waals surface area contributed by atoms with Crippen molar-refractivity contribution in [2.75, 3.05) is 4.90 Å². The fourth-order valence-corrected chi connectivity index (χ4v) is 10.2. The molecule has 0 unspecified atom stereocenters. The largest absolute Gasteiger partial charge is 0.309 e. The summed E-state index contributed by atoms with van der Waals surface area (Å²) in [5.74, 6) is 0. The number of para-hydroxylation sites is 3. The molecule has 0 atom stereocenters. The Kier molecular flexibility index (Phi) is 6.98. The average Bonchev–Trinajstić information content (AvgIpc) is 3.79. The van der Waals surface area contributed by atoms with E-state index in [2.05, 4.69) is 219 Å². The molecule has 11 rings (SSSR count). The summed E-state index contributed by atoms with van der Waals surface area (Å²) in [6.45, 7) is 9.54. The van der Waals surface area contributed by atoms with Crippen LogP contribution in [0.5, 0.6) is 0 Å². The standard InChI is InChI=1S/C54H42N2/c1-53(2)44-27-11-6-24-42(44)51-45(53)28-17-32-49(51)56(50-33-16-25-41-38-21-5-10-26-43(38)54(3,4)52(41)50)46-29-12-7-20-37(46)35-18-15-19-36(34-35)55-47-30-13-8-22-39(47)40-23-9-14-31-48(40)55/h5-34H,1-4H3. The second-order valence-corrected chi connectivity index (χ2v) is 16.5. The van der Waals surface area contributed by atoms with Gasteiger partial charge in [0.05, 0.1) is 28.1 Å². The van der Waals surface area contributed by atoms with Gasteiger partial charge in [-0.25, -0.2) is 0 Å². The fraction of sp³-hybridized carbons (Fsp3) is 0.111. The first-order chi connectivity index (χ1) is 27.3. The number of anilines is 3. The van der Waals surface area contributed by atoms with Gasteiger partial charge in [-0.1, -0.05) is 167 Å². The smallest absolute Gasteiger partial charge is 0.0543 e. The summed E-state index contributed by atoms with van der Waals surface area (Å²) in [6.07, 6.45) is 0.